The lowest BCUT2D eigenvalue weighted by Gasteiger charge is -2.04. The number of nitrogens with zero attached hydrogens (tertiary/aromatic N) is 1. The van der Waals surface area contributed by atoms with Crippen molar-refractivity contribution in [1.82, 2.24) is 4.98 Å². The average molecular weight is 305 g/mol. The zero-order valence-corrected chi connectivity index (χ0v) is 12.3. The highest BCUT2D eigenvalue weighted by Crippen LogP contribution is 2.17. The fourth-order valence-electron chi connectivity index (χ4n) is 1.76. The highest BCUT2D eigenvalue weighted by atomic mass is 32.1. The lowest BCUT2D eigenvalue weighted by atomic mass is 10.1. The van der Waals surface area contributed by atoms with E-state index in [-0.39, 0.29) is 12.3 Å². The zero-order valence-electron chi connectivity index (χ0n) is 11.5. The average Bonchev–Trinajstić information content (AvgIpc) is 2.86. The van der Waals surface area contributed by atoms with E-state index in [1.807, 2.05) is 6.07 Å². The third-order valence-electron chi connectivity index (χ3n) is 2.63. The lowest BCUT2D eigenvalue weighted by Crippen LogP contribution is -2.14. The van der Waals surface area contributed by atoms with Gasteiger partial charge in [-0.25, -0.2) is 4.98 Å². The molecule has 0 spiro atoms. The van der Waals surface area contributed by atoms with Crippen molar-refractivity contribution >= 4 is 28.3 Å². The molecule has 1 heterocycles. The van der Waals surface area contributed by atoms with E-state index in [1.165, 1.54) is 11.3 Å². The SMILES string of the molecule is COCc1cccc(C(=O)Nc2nc(CC(N)=O)cs2)c1. The first-order valence-corrected chi connectivity index (χ1v) is 7.08. The number of methoxy groups -OCH3 is 1. The fourth-order valence-corrected chi connectivity index (χ4v) is 2.47. The number of hydrogen-bond donors (Lipinski definition) is 2. The van der Waals surface area contributed by atoms with Crippen molar-refractivity contribution < 1.29 is 14.3 Å². The van der Waals surface area contributed by atoms with E-state index in [0.717, 1.165) is 5.56 Å². The first-order valence-electron chi connectivity index (χ1n) is 6.20. The third kappa shape index (κ3) is 4.37. The second-order valence-corrected chi connectivity index (χ2v) is 5.23. The minimum absolute atomic E-state index is 0.0652. The topological polar surface area (TPSA) is 94.3 Å². The number of anilines is 1. The monoisotopic (exact) mass is 305 g/mol. The number of primary amides is 1. The molecule has 0 saturated heterocycles. The van der Waals surface area contributed by atoms with Gasteiger partial charge in [0.05, 0.1) is 18.7 Å². The smallest absolute Gasteiger partial charge is 0.257 e. The van der Waals surface area contributed by atoms with Gasteiger partial charge in [0.25, 0.3) is 5.91 Å². The summed E-state index contributed by atoms with van der Waals surface area (Å²) < 4.78 is 5.04. The summed E-state index contributed by atoms with van der Waals surface area (Å²) >= 11 is 1.25. The molecular weight excluding hydrogens is 290 g/mol. The molecular formula is C14H15N3O3S. The van der Waals surface area contributed by atoms with Crippen LogP contribution in [0.2, 0.25) is 0 Å². The van der Waals surface area contributed by atoms with Crippen LogP contribution in [0.3, 0.4) is 0 Å². The van der Waals surface area contributed by atoms with Crippen LogP contribution in [0.4, 0.5) is 5.13 Å². The number of hydrogen-bond acceptors (Lipinski definition) is 5. The Hall–Kier alpha value is -2.25. The molecule has 0 aliphatic carbocycles. The Morgan fingerprint density at radius 2 is 2.24 bits per heavy atom. The number of rotatable bonds is 6. The Bertz CT molecular complexity index is 654. The first-order chi connectivity index (χ1) is 10.1. The van der Waals surface area contributed by atoms with Gasteiger partial charge in [-0.3, -0.25) is 14.9 Å². The minimum atomic E-state index is -0.453. The van der Waals surface area contributed by atoms with Gasteiger partial charge in [0, 0.05) is 18.1 Å². The molecule has 0 radical (unpaired) electrons. The summed E-state index contributed by atoms with van der Waals surface area (Å²) in [7, 11) is 1.60. The number of amides is 2. The molecule has 0 fully saturated rings. The largest absolute Gasteiger partial charge is 0.380 e. The molecule has 2 amide bonds. The van der Waals surface area contributed by atoms with Crippen LogP contribution >= 0.6 is 11.3 Å². The first kappa shape index (κ1) is 15.1. The number of benzene rings is 1. The van der Waals surface area contributed by atoms with E-state index in [0.29, 0.717) is 23.0 Å². The molecule has 0 unspecified atom stereocenters. The van der Waals surface area contributed by atoms with Crippen LogP contribution in [0.25, 0.3) is 0 Å². The van der Waals surface area contributed by atoms with Gasteiger partial charge in [0.1, 0.15) is 0 Å². The van der Waals surface area contributed by atoms with Crippen LogP contribution in [0, 0.1) is 0 Å². The quantitative estimate of drug-likeness (QED) is 0.847. The van der Waals surface area contributed by atoms with Crippen LogP contribution in [0.5, 0.6) is 0 Å². The predicted octanol–water partition coefficient (Wildman–Crippen LogP) is 1.57. The summed E-state index contributed by atoms with van der Waals surface area (Å²) in [5.41, 5.74) is 7.09. The summed E-state index contributed by atoms with van der Waals surface area (Å²) in [6.45, 7) is 0.446. The molecule has 110 valence electrons. The molecule has 2 rings (SSSR count). The van der Waals surface area contributed by atoms with Crippen LogP contribution in [0.1, 0.15) is 21.6 Å². The van der Waals surface area contributed by atoms with Crippen molar-refractivity contribution in [2.24, 2.45) is 5.73 Å². The third-order valence-corrected chi connectivity index (χ3v) is 3.43. The van der Waals surface area contributed by atoms with Crippen molar-refractivity contribution in [3.8, 4) is 0 Å². The van der Waals surface area contributed by atoms with Gasteiger partial charge >= 0.3 is 0 Å². The van der Waals surface area contributed by atoms with Crippen molar-refractivity contribution in [3.05, 3.63) is 46.5 Å². The summed E-state index contributed by atoms with van der Waals surface area (Å²) in [6.07, 6.45) is 0.0652. The van der Waals surface area contributed by atoms with Crippen molar-refractivity contribution in [3.63, 3.8) is 0 Å². The standard InChI is InChI=1S/C14H15N3O3S/c1-20-7-9-3-2-4-10(5-9)13(19)17-14-16-11(8-21-14)6-12(15)18/h2-5,8H,6-7H2,1H3,(H2,15,18)(H,16,17,19). The Morgan fingerprint density at radius 3 is 2.95 bits per heavy atom. The number of carbonyl (C=O) groups is 2. The number of nitrogens with two attached hydrogens (primary N) is 1. The Labute approximate surface area is 125 Å². The van der Waals surface area contributed by atoms with E-state index in [1.54, 1.807) is 30.7 Å². The van der Waals surface area contributed by atoms with Crippen LogP contribution < -0.4 is 11.1 Å². The summed E-state index contributed by atoms with van der Waals surface area (Å²) in [6, 6.07) is 7.15. The van der Waals surface area contributed by atoms with Gasteiger partial charge in [-0.15, -0.1) is 11.3 Å². The van der Waals surface area contributed by atoms with Gasteiger partial charge < -0.3 is 10.5 Å². The second kappa shape index (κ2) is 6.96. The van der Waals surface area contributed by atoms with E-state index in [2.05, 4.69) is 10.3 Å². The van der Waals surface area contributed by atoms with Crippen LogP contribution in [-0.2, 0) is 22.6 Å². The van der Waals surface area contributed by atoms with E-state index in [4.69, 9.17) is 10.5 Å². The fraction of sp³-hybridized carbons (Fsp3) is 0.214. The molecule has 3 N–H and O–H groups in total. The van der Waals surface area contributed by atoms with Gasteiger partial charge in [0.15, 0.2) is 5.13 Å². The summed E-state index contributed by atoms with van der Waals surface area (Å²) in [4.78, 5) is 27.1. The molecule has 1 aromatic heterocycles. The van der Waals surface area contributed by atoms with Gasteiger partial charge in [0.2, 0.25) is 5.91 Å². The molecule has 6 nitrogen and oxygen atoms in total. The van der Waals surface area contributed by atoms with E-state index >= 15 is 0 Å². The number of nitrogens with one attached hydrogen (secondary N) is 1. The molecule has 2 aromatic rings. The number of carbonyl (C=O) groups excluding carboxylic acids is 2. The van der Waals surface area contributed by atoms with Crippen molar-refractivity contribution in [2.75, 3.05) is 12.4 Å². The zero-order chi connectivity index (χ0) is 15.2. The number of ether oxygens (including phenoxy) is 1. The Kier molecular flexibility index (Phi) is 5.02. The maximum atomic E-state index is 12.1. The highest BCUT2D eigenvalue weighted by Gasteiger charge is 2.10. The number of thiazole rings is 1. The summed E-state index contributed by atoms with van der Waals surface area (Å²) in [5.74, 6) is -0.710. The van der Waals surface area contributed by atoms with Crippen LogP contribution in [-0.4, -0.2) is 23.9 Å². The van der Waals surface area contributed by atoms with E-state index in [9.17, 15) is 9.59 Å². The van der Waals surface area contributed by atoms with E-state index < -0.39 is 5.91 Å². The highest BCUT2D eigenvalue weighted by molar-refractivity contribution is 7.14. The molecule has 0 aliphatic rings. The van der Waals surface area contributed by atoms with Crippen LogP contribution in [0.15, 0.2) is 29.6 Å². The van der Waals surface area contributed by atoms with Crippen molar-refractivity contribution in [2.45, 2.75) is 13.0 Å². The van der Waals surface area contributed by atoms with Gasteiger partial charge in [-0.2, -0.15) is 0 Å². The maximum absolute atomic E-state index is 12.1. The summed E-state index contributed by atoms with van der Waals surface area (Å²) in [5, 5.41) is 4.83. The molecule has 0 atom stereocenters. The van der Waals surface area contributed by atoms with Crippen molar-refractivity contribution in [1.29, 1.82) is 0 Å². The lowest BCUT2D eigenvalue weighted by molar-refractivity contribution is -0.117. The second-order valence-electron chi connectivity index (χ2n) is 4.37. The molecule has 1 aromatic carbocycles. The molecule has 0 bridgehead atoms. The van der Waals surface area contributed by atoms with Gasteiger partial charge in [-0.1, -0.05) is 12.1 Å². The van der Waals surface area contributed by atoms with Gasteiger partial charge in [-0.05, 0) is 17.7 Å². The Balaban J connectivity index is 2.05. The molecule has 0 saturated carbocycles. The molecule has 21 heavy (non-hydrogen) atoms. The predicted molar refractivity (Wildman–Crippen MR) is 80.1 cm³/mol. The Morgan fingerprint density at radius 1 is 1.43 bits per heavy atom. The normalized spacial score (nSPS) is 10.3. The minimum Gasteiger partial charge on any atom is -0.380 e. The molecule has 0 aliphatic heterocycles. The number of aromatic nitrogens is 1. The maximum Gasteiger partial charge on any atom is 0.257 e. The molecule has 7 heteroatoms.